The number of thioether (sulfide) groups is 2. The van der Waals surface area contributed by atoms with E-state index in [0.29, 0.717) is 6.54 Å². The molecule has 1 amide bonds. The number of halogens is 1. The van der Waals surface area contributed by atoms with E-state index in [0.717, 1.165) is 17.9 Å². The summed E-state index contributed by atoms with van der Waals surface area (Å²) >= 11 is 3.63. The Hall–Kier alpha value is 0.420. The number of carbonyl (C=O) groups excluding carboxylic acids is 1. The molecule has 1 aliphatic heterocycles. The van der Waals surface area contributed by atoms with E-state index in [9.17, 15) is 4.79 Å². The molecule has 6 heteroatoms. The van der Waals surface area contributed by atoms with Crippen molar-refractivity contribution in [3.63, 3.8) is 0 Å². The monoisotopic (exact) mass is 270 g/mol. The van der Waals surface area contributed by atoms with Gasteiger partial charge in [-0.05, 0) is 13.3 Å². The Kier molecular flexibility index (Phi) is 8.80. The second-order valence-corrected chi connectivity index (χ2v) is 5.95. The fourth-order valence-corrected chi connectivity index (χ4v) is 3.76. The van der Waals surface area contributed by atoms with Crippen molar-refractivity contribution >= 4 is 41.8 Å². The molecule has 0 aliphatic carbocycles. The van der Waals surface area contributed by atoms with Gasteiger partial charge in [0, 0.05) is 29.8 Å². The van der Waals surface area contributed by atoms with Crippen LogP contribution in [0.2, 0.25) is 0 Å². The second-order valence-electron chi connectivity index (χ2n) is 3.49. The maximum Gasteiger partial charge on any atom is 0.233 e. The lowest BCUT2D eigenvalue weighted by Gasteiger charge is -2.20. The van der Waals surface area contributed by atoms with Gasteiger partial charge >= 0.3 is 0 Å². The maximum atomic E-state index is 11.6. The fourth-order valence-electron chi connectivity index (χ4n) is 1.18. The van der Waals surface area contributed by atoms with E-state index < -0.39 is 0 Å². The first-order chi connectivity index (χ1) is 6.70. The highest BCUT2D eigenvalue weighted by Crippen LogP contribution is 2.23. The lowest BCUT2D eigenvalue weighted by Crippen LogP contribution is -2.37. The van der Waals surface area contributed by atoms with Crippen LogP contribution in [0.25, 0.3) is 0 Å². The van der Waals surface area contributed by atoms with Crippen LogP contribution in [-0.4, -0.2) is 41.0 Å². The largest absolute Gasteiger partial charge is 0.355 e. The topological polar surface area (TPSA) is 55.1 Å². The summed E-state index contributed by atoms with van der Waals surface area (Å²) in [6, 6.07) is 0.170. The minimum Gasteiger partial charge on any atom is -0.355 e. The lowest BCUT2D eigenvalue weighted by atomic mass is 10.2. The molecule has 1 heterocycles. The highest BCUT2D eigenvalue weighted by Gasteiger charge is 2.21. The zero-order valence-electron chi connectivity index (χ0n) is 8.90. The molecule has 0 saturated carbocycles. The molecule has 0 aromatic heterocycles. The third kappa shape index (κ3) is 6.56. The summed E-state index contributed by atoms with van der Waals surface area (Å²) < 4.78 is 0. The third-order valence-electron chi connectivity index (χ3n) is 2.01. The maximum absolute atomic E-state index is 11.6. The predicted molar refractivity (Wildman–Crippen MR) is 72.1 cm³/mol. The Morgan fingerprint density at radius 3 is 2.87 bits per heavy atom. The highest BCUT2D eigenvalue weighted by molar-refractivity contribution is 8.07. The summed E-state index contributed by atoms with van der Waals surface area (Å²) in [5, 5.41) is 3.09. The van der Waals surface area contributed by atoms with Crippen LogP contribution in [0.15, 0.2) is 0 Å². The van der Waals surface area contributed by atoms with Crippen LogP contribution in [0.4, 0.5) is 0 Å². The van der Waals surface area contributed by atoms with Crippen molar-refractivity contribution in [2.45, 2.75) is 24.6 Å². The first-order valence-corrected chi connectivity index (χ1v) is 7.13. The molecule has 2 atom stereocenters. The summed E-state index contributed by atoms with van der Waals surface area (Å²) in [4.78, 5) is 11.6. The van der Waals surface area contributed by atoms with Crippen LogP contribution in [-0.2, 0) is 4.79 Å². The summed E-state index contributed by atoms with van der Waals surface area (Å²) in [5.74, 6) is 3.40. The number of carbonyl (C=O) groups is 1. The highest BCUT2D eigenvalue weighted by atomic mass is 35.5. The quantitative estimate of drug-likeness (QED) is 0.804. The van der Waals surface area contributed by atoms with Gasteiger partial charge in [-0.1, -0.05) is 0 Å². The molecule has 0 radical (unpaired) electrons. The number of nitrogens with two attached hydrogens (primary N) is 1. The van der Waals surface area contributed by atoms with E-state index in [1.165, 1.54) is 5.75 Å². The molecule has 2 unspecified atom stereocenters. The van der Waals surface area contributed by atoms with Gasteiger partial charge in [-0.15, -0.1) is 24.2 Å². The van der Waals surface area contributed by atoms with Gasteiger partial charge in [0.2, 0.25) is 5.91 Å². The van der Waals surface area contributed by atoms with Gasteiger partial charge in [0.1, 0.15) is 0 Å². The molecule has 1 rings (SSSR count). The number of hydrogen-bond donors (Lipinski definition) is 2. The van der Waals surface area contributed by atoms with E-state index >= 15 is 0 Å². The molecule has 0 aromatic carbocycles. The van der Waals surface area contributed by atoms with Crippen LogP contribution in [0, 0.1) is 0 Å². The average molecular weight is 271 g/mol. The molecule has 0 spiro atoms. The van der Waals surface area contributed by atoms with Crippen molar-refractivity contribution in [2.24, 2.45) is 5.73 Å². The zero-order chi connectivity index (χ0) is 10.4. The Bertz CT molecular complexity index is 187. The van der Waals surface area contributed by atoms with Crippen molar-refractivity contribution in [1.82, 2.24) is 5.32 Å². The average Bonchev–Trinajstić information content (AvgIpc) is 2.18. The smallest absolute Gasteiger partial charge is 0.233 e. The molecular weight excluding hydrogens is 252 g/mol. The van der Waals surface area contributed by atoms with E-state index in [4.69, 9.17) is 5.73 Å². The molecule has 1 aliphatic rings. The molecule has 15 heavy (non-hydrogen) atoms. The minimum atomic E-state index is 0. The van der Waals surface area contributed by atoms with E-state index in [1.54, 1.807) is 11.8 Å². The van der Waals surface area contributed by atoms with Gasteiger partial charge < -0.3 is 11.1 Å². The Balaban J connectivity index is 0.00000196. The Morgan fingerprint density at radius 2 is 2.33 bits per heavy atom. The van der Waals surface area contributed by atoms with E-state index in [-0.39, 0.29) is 29.6 Å². The van der Waals surface area contributed by atoms with Gasteiger partial charge in [0.25, 0.3) is 0 Å². The van der Waals surface area contributed by atoms with E-state index in [1.807, 2.05) is 18.7 Å². The van der Waals surface area contributed by atoms with Crippen molar-refractivity contribution in [3.05, 3.63) is 0 Å². The SMILES string of the molecule is CC(N)CCNC(=O)C1CSCCS1.Cl. The van der Waals surface area contributed by atoms with Crippen molar-refractivity contribution < 1.29 is 4.79 Å². The normalized spacial score (nSPS) is 22.7. The third-order valence-corrected chi connectivity index (χ3v) is 4.76. The van der Waals surface area contributed by atoms with Crippen molar-refractivity contribution in [2.75, 3.05) is 23.8 Å². The van der Waals surface area contributed by atoms with Gasteiger partial charge in [0.15, 0.2) is 0 Å². The fraction of sp³-hybridized carbons (Fsp3) is 0.889. The van der Waals surface area contributed by atoms with Gasteiger partial charge in [-0.2, -0.15) is 11.8 Å². The minimum absolute atomic E-state index is 0. The predicted octanol–water partition coefficient (Wildman–Crippen LogP) is 1.11. The Labute approximate surface area is 106 Å². The summed E-state index contributed by atoms with van der Waals surface area (Å²) in [6.45, 7) is 2.66. The number of hydrogen-bond acceptors (Lipinski definition) is 4. The summed E-state index contributed by atoms with van der Waals surface area (Å²) in [5.41, 5.74) is 5.60. The first-order valence-electron chi connectivity index (χ1n) is 4.93. The van der Waals surface area contributed by atoms with Crippen molar-refractivity contribution in [1.29, 1.82) is 0 Å². The van der Waals surface area contributed by atoms with E-state index in [2.05, 4.69) is 5.32 Å². The molecule has 1 saturated heterocycles. The van der Waals surface area contributed by atoms with Gasteiger partial charge in [-0.3, -0.25) is 4.79 Å². The van der Waals surface area contributed by atoms with Crippen LogP contribution in [0.3, 0.4) is 0 Å². The molecule has 3 N–H and O–H groups in total. The van der Waals surface area contributed by atoms with Crippen LogP contribution in [0.1, 0.15) is 13.3 Å². The van der Waals surface area contributed by atoms with Crippen molar-refractivity contribution in [3.8, 4) is 0 Å². The lowest BCUT2D eigenvalue weighted by molar-refractivity contribution is -0.120. The molecule has 3 nitrogen and oxygen atoms in total. The number of amides is 1. The van der Waals surface area contributed by atoms with Crippen LogP contribution < -0.4 is 11.1 Å². The second kappa shape index (κ2) is 8.56. The summed E-state index contributed by atoms with van der Waals surface area (Å²) in [7, 11) is 0. The van der Waals surface area contributed by atoms with Gasteiger partial charge in [-0.25, -0.2) is 0 Å². The summed E-state index contributed by atoms with van der Waals surface area (Å²) in [6.07, 6.45) is 0.857. The molecular formula is C9H19ClN2OS2. The van der Waals surface area contributed by atoms with Crippen LogP contribution in [0.5, 0.6) is 0 Å². The number of rotatable bonds is 4. The molecule has 0 bridgehead atoms. The standard InChI is InChI=1S/C9H18N2OS2.ClH/c1-7(10)2-3-11-9(12)8-6-13-4-5-14-8;/h7-8H,2-6,10H2,1H3,(H,11,12);1H. The molecule has 90 valence electrons. The Morgan fingerprint density at radius 1 is 1.60 bits per heavy atom. The molecule has 0 aromatic rings. The molecule has 1 fully saturated rings. The zero-order valence-corrected chi connectivity index (χ0v) is 11.4. The first kappa shape index (κ1) is 15.4. The van der Waals surface area contributed by atoms with Crippen LogP contribution >= 0.6 is 35.9 Å². The van der Waals surface area contributed by atoms with Gasteiger partial charge in [0.05, 0.1) is 5.25 Å². The number of nitrogens with one attached hydrogen (secondary N) is 1.